The van der Waals surface area contributed by atoms with Crippen LogP contribution < -0.4 is 5.32 Å². The zero-order valence-corrected chi connectivity index (χ0v) is 18.1. The van der Waals surface area contributed by atoms with Crippen molar-refractivity contribution in [3.8, 4) is 0 Å². The summed E-state index contributed by atoms with van der Waals surface area (Å²) in [6, 6.07) is 8.64. The number of hydrogen-bond donors (Lipinski definition) is 1. The van der Waals surface area contributed by atoms with Gasteiger partial charge in [0.2, 0.25) is 5.91 Å². The first-order chi connectivity index (χ1) is 14.7. The van der Waals surface area contributed by atoms with Crippen LogP contribution in [0.3, 0.4) is 0 Å². The maximum absolute atomic E-state index is 12.8. The average Bonchev–Trinajstić information content (AvgIpc) is 2.72. The minimum absolute atomic E-state index is 0.176. The van der Waals surface area contributed by atoms with Gasteiger partial charge in [-0.05, 0) is 63.6 Å². The van der Waals surface area contributed by atoms with Gasteiger partial charge in [0.15, 0.2) is 0 Å². The molecule has 0 radical (unpaired) electrons. The van der Waals surface area contributed by atoms with Gasteiger partial charge in [0.1, 0.15) is 11.6 Å². The van der Waals surface area contributed by atoms with Crippen molar-refractivity contribution in [3.05, 3.63) is 47.0 Å². The van der Waals surface area contributed by atoms with Crippen LogP contribution in [0.1, 0.15) is 40.0 Å². The van der Waals surface area contributed by atoms with Crippen LogP contribution in [-0.4, -0.2) is 46.6 Å². The molecular formula is C22H28N6O3. The predicted octanol–water partition coefficient (Wildman–Crippen LogP) is 4.89. The summed E-state index contributed by atoms with van der Waals surface area (Å²) in [5, 5.41) is 7.44. The number of carbonyl (C=O) groups excluding carboxylic acids is 2. The van der Waals surface area contributed by atoms with Crippen LogP contribution in [0.15, 0.2) is 41.6 Å². The van der Waals surface area contributed by atoms with E-state index in [1.54, 1.807) is 11.1 Å². The third-order valence-electron chi connectivity index (χ3n) is 5.17. The van der Waals surface area contributed by atoms with Crippen molar-refractivity contribution >= 4 is 28.6 Å². The van der Waals surface area contributed by atoms with Gasteiger partial charge in [0, 0.05) is 23.4 Å². The Kier molecular flexibility index (Phi) is 6.97. The Bertz CT molecular complexity index is 988. The van der Waals surface area contributed by atoms with E-state index in [2.05, 4.69) is 20.3 Å². The van der Waals surface area contributed by atoms with Gasteiger partial charge in [-0.1, -0.05) is 23.3 Å². The lowest BCUT2D eigenvalue weighted by Crippen LogP contribution is -2.42. The molecule has 0 spiro atoms. The Hall–Kier alpha value is -3.32. The fourth-order valence-electron chi connectivity index (χ4n) is 3.63. The molecule has 1 saturated heterocycles. The molecule has 1 aliphatic rings. The molecule has 1 aromatic carbocycles. The van der Waals surface area contributed by atoms with Gasteiger partial charge in [-0.15, -0.1) is 0 Å². The van der Waals surface area contributed by atoms with Crippen molar-refractivity contribution in [1.29, 1.82) is 0 Å². The number of azide groups is 1. The molecule has 2 amide bonds. The molecule has 0 aliphatic carbocycles. The summed E-state index contributed by atoms with van der Waals surface area (Å²) in [4.78, 5) is 33.9. The fraction of sp³-hybridized carbons (Fsp3) is 0.500. The van der Waals surface area contributed by atoms with Gasteiger partial charge in [0.25, 0.3) is 0 Å². The summed E-state index contributed by atoms with van der Waals surface area (Å²) >= 11 is 0. The highest BCUT2D eigenvalue weighted by atomic mass is 16.6. The van der Waals surface area contributed by atoms with E-state index >= 15 is 0 Å². The second-order valence-corrected chi connectivity index (χ2v) is 8.77. The Morgan fingerprint density at radius 1 is 1.32 bits per heavy atom. The molecule has 31 heavy (non-hydrogen) atoms. The highest BCUT2D eigenvalue weighted by Crippen LogP contribution is 2.25. The first kappa shape index (κ1) is 22.4. The number of pyridine rings is 1. The molecule has 9 nitrogen and oxygen atoms in total. The zero-order valence-electron chi connectivity index (χ0n) is 18.1. The lowest BCUT2D eigenvalue weighted by molar-refractivity contribution is -0.117. The molecule has 9 heteroatoms. The Balaban J connectivity index is 1.57. The molecule has 0 saturated carbocycles. The van der Waals surface area contributed by atoms with Crippen molar-refractivity contribution < 1.29 is 14.3 Å². The zero-order chi connectivity index (χ0) is 22.4. The molecular weight excluding hydrogens is 396 g/mol. The number of piperidine rings is 1. The lowest BCUT2D eigenvalue weighted by atomic mass is 9.90. The van der Waals surface area contributed by atoms with Gasteiger partial charge >= 0.3 is 6.09 Å². The van der Waals surface area contributed by atoms with Gasteiger partial charge in [-0.2, -0.15) is 0 Å². The number of anilines is 1. The third-order valence-corrected chi connectivity index (χ3v) is 5.17. The Morgan fingerprint density at radius 3 is 2.71 bits per heavy atom. The topological polar surface area (TPSA) is 120 Å². The number of para-hydroxylation sites is 1. The van der Waals surface area contributed by atoms with E-state index in [1.807, 2.05) is 51.1 Å². The fourth-order valence-corrected chi connectivity index (χ4v) is 3.63. The van der Waals surface area contributed by atoms with Crippen molar-refractivity contribution in [2.45, 2.75) is 51.7 Å². The van der Waals surface area contributed by atoms with Gasteiger partial charge < -0.3 is 15.0 Å². The van der Waals surface area contributed by atoms with Crippen LogP contribution in [0.2, 0.25) is 0 Å². The van der Waals surface area contributed by atoms with Crippen LogP contribution in [0.5, 0.6) is 0 Å². The molecule has 0 bridgehead atoms. The summed E-state index contributed by atoms with van der Waals surface area (Å²) in [5.41, 5.74) is 9.80. The number of hydrogen-bond acceptors (Lipinski definition) is 5. The highest BCUT2D eigenvalue weighted by Gasteiger charge is 2.29. The van der Waals surface area contributed by atoms with E-state index in [-0.39, 0.29) is 17.9 Å². The van der Waals surface area contributed by atoms with Gasteiger partial charge in [-0.25, -0.2) is 4.79 Å². The minimum Gasteiger partial charge on any atom is -0.444 e. The molecule has 0 unspecified atom stereocenters. The van der Waals surface area contributed by atoms with Crippen LogP contribution in [0.25, 0.3) is 21.3 Å². The van der Waals surface area contributed by atoms with E-state index < -0.39 is 11.6 Å². The highest BCUT2D eigenvalue weighted by molar-refractivity contribution is 5.96. The summed E-state index contributed by atoms with van der Waals surface area (Å²) < 4.78 is 5.42. The lowest BCUT2D eigenvalue weighted by Gasteiger charge is -2.34. The van der Waals surface area contributed by atoms with Crippen LogP contribution in [-0.2, 0) is 9.53 Å². The van der Waals surface area contributed by atoms with Crippen LogP contribution in [0.4, 0.5) is 10.5 Å². The van der Waals surface area contributed by atoms with E-state index in [0.29, 0.717) is 25.2 Å². The van der Waals surface area contributed by atoms with Crippen LogP contribution >= 0.6 is 0 Å². The third kappa shape index (κ3) is 6.33. The SMILES string of the molecule is CC(C)(C)OC(=O)N1CCC(C[C@H](N=[N+]=[N-])C(=O)Nc2cnc3ccccc3c2)CC1. The monoisotopic (exact) mass is 424 g/mol. The van der Waals surface area contributed by atoms with Crippen molar-refractivity contribution in [2.75, 3.05) is 18.4 Å². The number of amides is 2. The van der Waals surface area contributed by atoms with E-state index in [4.69, 9.17) is 10.3 Å². The number of aromatic nitrogens is 1. The number of nitrogens with one attached hydrogen (secondary N) is 1. The summed E-state index contributed by atoms with van der Waals surface area (Å²) in [6.07, 6.45) is 3.15. The Morgan fingerprint density at radius 2 is 2.03 bits per heavy atom. The second-order valence-electron chi connectivity index (χ2n) is 8.77. The number of carbonyl (C=O) groups is 2. The number of nitrogens with zero attached hydrogens (tertiary/aromatic N) is 5. The molecule has 2 aromatic rings. The maximum atomic E-state index is 12.8. The Labute approximate surface area is 181 Å². The van der Waals surface area contributed by atoms with E-state index in [1.165, 1.54) is 0 Å². The van der Waals surface area contributed by atoms with Crippen molar-refractivity contribution in [3.63, 3.8) is 0 Å². The molecule has 1 N–H and O–H groups in total. The number of fused-ring (bicyclic) bond motifs is 1. The normalized spacial score (nSPS) is 15.8. The molecule has 1 fully saturated rings. The predicted molar refractivity (Wildman–Crippen MR) is 118 cm³/mol. The molecule has 1 aromatic heterocycles. The molecule has 1 atom stereocenters. The molecule has 1 aliphatic heterocycles. The van der Waals surface area contributed by atoms with E-state index in [0.717, 1.165) is 23.7 Å². The quantitative estimate of drug-likeness (QED) is 0.417. The summed E-state index contributed by atoms with van der Waals surface area (Å²) in [6.45, 7) is 6.63. The number of likely N-dealkylation sites (tertiary alicyclic amines) is 1. The largest absolute Gasteiger partial charge is 0.444 e. The first-order valence-electron chi connectivity index (χ1n) is 10.4. The average molecular weight is 425 g/mol. The summed E-state index contributed by atoms with van der Waals surface area (Å²) in [5.74, 6) is -0.181. The number of rotatable bonds is 5. The summed E-state index contributed by atoms with van der Waals surface area (Å²) in [7, 11) is 0. The second kappa shape index (κ2) is 9.66. The van der Waals surface area contributed by atoms with Crippen molar-refractivity contribution in [1.82, 2.24) is 9.88 Å². The van der Waals surface area contributed by atoms with E-state index in [9.17, 15) is 9.59 Å². The number of ether oxygens (including phenoxy) is 1. The molecule has 164 valence electrons. The molecule has 2 heterocycles. The van der Waals surface area contributed by atoms with Gasteiger partial charge in [-0.3, -0.25) is 9.78 Å². The van der Waals surface area contributed by atoms with Gasteiger partial charge in [0.05, 0.1) is 17.4 Å². The minimum atomic E-state index is -0.824. The standard InChI is InChI=1S/C22H28N6O3/c1-22(2,3)31-21(30)28-10-8-15(9-11-28)12-19(26-27-23)20(29)25-17-13-16-6-4-5-7-18(16)24-14-17/h4-7,13-15,19H,8-12H2,1-3H3,(H,25,29)/t19-/m0/s1. The molecule has 3 rings (SSSR count). The number of benzene rings is 1. The van der Waals surface area contributed by atoms with Crippen LogP contribution in [0, 0.1) is 5.92 Å². The van der Waals surface area contributed by atoms with Crippen molar-refractivity contribution in [2.24, 2.45) is 11.0 Å². The smallest absolute Gasteiger partial charge is 0.410 e. The maximum Gasteiger partial charge on any atom is 0.410 e. The first-order valence-corrected chi connectivity index (χ1v) is 10.4.